The van der Waals surface area contributed by atoms with Crippen molar-refractivity contribution < 1.29 is 19.8 Å². The summed E-state index contributed by atoms with van der Waals surface area (Å²) in [5.74, 6) is -1.80. The molecule has 4 N–H and O–H groups in total. The van der Waals surface area contributed by atoms with Crippen molar-refractivity contribution in [3.8, 4) is 0 Å². The Balaban J connectivity index is 2.70. The zero-order valence-corrected chi connectivity index (χ0v) is 9.33. The van der Waals surface area contributed by atoms with Gasteiger partial charge in [0.25, 0.3) is 0 Å². The molecule has 0 fully saturated rings. The highest BCUT2D eigenvalue weighted by Gasteiger charge is 2.17. The van der Waals surface area contributed by atoms with Crippen LogP contribution in [-0.4, -0.2) is 38.1 Å². The van der Waals surface area contributed by atoms with Crippen LogP contribution in [0.2, 0.25) is 0 Å². The normalized spacial score (nSPS) is 10.7. The van der Waals surface area contributed by atoms with Crippen LogP contribution in [0.15, 0.2) is 18.3 Å². The van der Waals surface area contributed by atoms with Crippen molar-refractivity contribution in [3.05, 3.63) is 35.4 Å². The molecule has 0 saturated heterocycles. The van der Waals surface area contributed by atoms with Gasteiger partial charge in [-0.15, -0.1) is 0 Å². The summed E-state index contributed by atoms with van der Waals surface area (Å²) in [7, 11) is 0. The third kappa shape index (κ3) is 1.91. The number of rotatable bonds is 4. The Morgan fingerprint density at radius 2 is 2.00 bits per heavy atom. The lowest BCUT2D eigenvalue weighted by Gasteiger charge is -2.01. The Morgan fingerprint density at radius 1 is 1.28 bits per heavy atom. The number of imidazole rings is 1. The molecular formula is C11H11N3O4. The number of carbonyl (C=O) groups is 2. The number of hydrogen-bond acceptors (Lipinski definition) is 4. The summed E-state index contributed by atoms with van der Waals surface area (Å²) < 4.78 is 1.46. The van der Waals surface area contributed by atoms with Crippen LogP contribution in [-0.2, 0) is 6.42 Å². The van der Waals surface area contributed by atoms with Crippen LogP contribution in [0.5, 0.6) is 0 Å². The number of fused-ring (bicyclic) bond motifs is 1. The molecule has 0 spiro atoms. The van der Waals surface area contributed by atoms with Crippen LogP contribution in [0.3, 0.4) is 0 Å². The van der Waals surface area contributed by atoms with Crippen molar-refractivity contribution >= 4 is 17.5 Å². The molecule has 18 heavy (non-hydrogen) atoms. The first-order valence-corrected chi connectivity index (χ1v) is 5.22. The van der Waals surface area contributed by atoms with E-state index in [2.05, 4.69) is 4.98 Å². The lowest BCUT2D eigenvalue weighted by Crippen LogP contribution is -2.07. The van der Waals surface area contributed by atoms with Crippen LogP contribution in [0.25, 0.3) is 5.52 Å². The zero-order valence-electron chi connectivity index (χ0n) is 9.33. The summed E-state index contributed by atoms with van der Waals surface area (Å²) in [5.41, 5.74) is 5.74. The molecule has 7 nitrogen and oxygen atoms in total. The minimum atomic E-state index is -1.15. The minimum absolute atomic E-state index is 0.0649. The number of nitrogens with zero attached hydrogens (tertiary/aromatic N) is 2. The summed E-state index contributed by atoms with van der Waals surface area (Å²) in [4.78, 5) is 25.9. The van der Waals surface area contributed by atoms with Gasteiger partial charge in [0.15, 0.2) is 5.69 Å². The molecule has 0 aliphatic rings. The highest BCUT2D eigenvalue weighted by atomic mass is 16.4. The van der Waals surface area contributed by atoms with Gasteiger partial charge in [0.05, 0.1) is 11.1 Å². The van der Waals surface area contributed by atoms with Gasteiger partial charge in [0.2, 0.25) is 0 Å². The van der Waals surface area contributed by atoms with E-state index in [1.807, 2.05) is 0 Å². The average Bonchev–Trinajstić information content (AvgIpc) is 2.68. The van der Waals surface area contributed by atoms with E-state index in [1.54, 1.807) is 0 Å². The molecule has 0 amide bonds. The van der Waals surface area contributed by atoms with Crippen LogP contribution < -0.4 is 5.73 Å². The molecule has 0 aromatic carbocycles. The molecule has 2 aromatic heterocycles. The largest absolute Gasteiger partial charge is 0.478 e. The smallest absolute Gasteiger partial charge is 0.356 e. The van der Waals surface area contributed by atoms with Gasteiger partial charge in [-0.25, -0.2) is 14.6 Å². The fourth-order valence-electron chi connectivity index (χ4n) is 1.74. The Hall–Kier alpha value is -2.41. The number of carboxylic acid groups (broad SMARTS) is 2. The van der Waals surface area contributed by atoms with E-state index in [-0.39, 0.29) is 11.3 Å². The molecule has 2 rings (SSSR count). The Kier molecular flexibility index (Phi) is 2.99. The summed E-state index contributed by atoms with van der Waals surface area (Å²) in [6.07, 6.45) is 1.72. The number of pyridine rings is 1. The molecule has 0 saturated carbocycles. The summed E-state index contributed by atoms with van der Waals surface area (Å²) in [6, 6.07) is 2.78. The number of hydrogen-bond donors (Lipinski definition) is 3. The molecule has 0 unspecified atom stereocenters. The molecule has 2 heterocycles. The van der Waals surface area contributed by atoms with E-state index in [1.165, 1.54) is 22.7 Å². The zero-order chi connectivity index (χ0) is 13.3. The van der Waals surface area contributed by atoms with E-state index in [0.29, 0.717) is 24.3 Å². The van der Waals surface area contributed by atoms with Crippen LogP contribution in [0.1, 0.15) is 26.7 Å². The molecule has 0 aliphatic heterocycles. The highest BCUT2D eigenvalue weighted by Crippen LogP contribution is 2.15. The molecule has 0 radical (unpaired) electrons. The van der Waals surface area contributed by atoms with Gasteiger partial charge >= 0.3 is 11.9 Å². The van der Waals surface area contributed by atoms with E-state index in [4.69, 9.17) is 15.9 Å². The van der Waals surface area contributed by atoms with Crippen molar-refractivity contribution in [3.63, 3.8) is 0 Å². The maximum atomic E-state index is 11.0. The second-order valence-corrected chi connectivity index (χ2v) is 3.70. The van der Waals surface area contributed by atoms with Gasteiger partial charge in [0, 0.05) is 12.6 Å². The summed E-state index contributed by atoms with van der Waals surface area (Å²) in [5, 5.41) is 17.9. The highest BCUT2D eigenvalue weighted by molar-refractivity contribution is 5.94. The molecule has 94 valence electrons. The number of carboxylic acids is 2. The van der Waals surface area contributed by atoms with E-state index in [9.17, 15) is 9.59 Å². The predicted octanol–water partition coefficient (Wildman–Crippen LogP) is 0.232. The van der Waals surface area contributed by atoms with Gasteiger partial charge < -0.3 is 20.3 Å². The molecule has 7 heteroatoms. The van der Waals surface area contributed by atoms with Crippen LogP contribution in [0.4, 0.5) is 0 Å². The fourth-order valence-corrected chi connectivity index (χ4v) is 1.74. The summed E-state index contributed by atoms with van der Waals surface area (Å²) >= 11 is 0. The van der Waals surface area contributed by atoms with E-state index >= 15 is 0 Å². The van der Waals surface area contributed by atoms with Crippen molar-refractivity contribution in [2.45, 2.75) is 6.42 Å². The van der Waals surface area contributed by atoms with Gasteiger partial charge in [-0.05, 0) is 18.7 Å². The Labute approximate surface area is 101 Å². The predicted molar refractivity (Wildman–Crippen MR) is 61.9 cm³/mol. The first-order chi connectivity index (χ1) is 8.54. The molecular weight excluding hydrogens is 238 g/mol. The first-order valence-electron chi connectivity index (χ1n) is 5.22. The van der Waals surface area contributed by atoms with Crippen molar-refractivity contribution in [2.24, 2.45) is 5.73 Å². The number of aromatic nitrogens is 2. The minimum Gasteiger partial charge on any atom is -0.478 e. The SMILES string of the molecule is NCCc1nc(C(=O)O)c2ccc(C(=O)O)cn12. The lowest BCUT2D eigenvalue weighted by atomic mass is 10.2. The summed E-state index contributed by atoms with van der Waals surface area (Å²) in [6.45, 7) is 0.301. The molecule has 0 bridgehead atoms. The van der Waals surface area contributed by atoms with E-state index < -0.39 is 11.9 Å². The Bertz CT molecular complexity index is 632. The molecule has 0 aliphatic carbocycles. The topological polar surface area (TPSA) is 118 Å². The third-order valence-corrected chi connectivity index (χ3v) is 2.53. The monoisotopic (exact) mass is 249 g/mol. The van der Waals surface area contributed by atoms with Crippen LogP contribution in [0, 0.1) is 0 Å². The second kappa shape index (κ2) is 4.46. The number of aromatic carboxylic acids is 2. The third-order valence-electron chi connectivity index (χ3n) is 2.53. The average molecular weight is 249 g/mol. The number of nitrogens with two attached hydrogens (primary N) is 1. The fraction of sp³-hybridized carbons (Fsp3) is 0.182. The Morgan fingerprint density at radius 3 is 2.56 bits per heavy atom. The standard InChI is InChI=1S/C11H11N3O4/c12-4-3-8-13-9(11(17)18)7-2-1-6(10(15)16)5-14(7)8/h1-2,5H,3-4,12H2,(H,15,16)(H,17,18). The van der Waals surface area contributed by atoms with Gasteiger partial charge in [-0.2, -0.15) is 0 Å². The quantitative estimate of drug-likeness (QED) is 0.713. The van der Waals surface area contributed by atoms with Crippen LogP contribution >= 0.6 is 0 Å². The van der Waals surface area contributed by atoms with Crippen molar-refractivity contribution in [1.29, 1.82) is 0 Å². The van der Waals surface area contributed by atoms with Crippen molar-refractivity contribution in [1.82, 2.24) is 9.38 Å². The maximum absolute atomic E-state index is 11.0. The maximum Gasteiger partial charge on any atom is 0.356 e. The molecule has 0 atom stereocenters. The van der Waals surface area contributed by atoms with Crippen molar-refractivity contribution in [2.75, 3.05) is 6.54 Å². The lowest BCUT2D eigenvalue weighted by molar-refractivity contribution is 0.0684. The van der Waals surface area contributed by atoms with Gasteiger partial charge in [-0.1, -0.05) is 0 Å². The van der Waals surface area contributed by atoms with Gasteiger partial charge in [0.1, 0.15) is 5.82 Å². The second-order valence-electron chi connectivity index (χ2n) is 3.70. The van der Waals surface area contributed by atoms with Gasteiger partial charge in [-0.3, -0.25) is 0 Å². The van der Waals surface area contributed by atoms with E-state index in [0.717, 1.165) is 0 Å². The first kappa shape index (κ1) is 12.1. The molecule has 2 aromatic rings.